The third kappa shape index (κ3) is 1.88. The lowest BCUT2D eigenvalue weighted by Gasteiger charge is -2.42. The third-order valence-corrected chi connectivity index (χ3v) is 3.65. The Morgan fingerprint density at radius 3 is 2.86 bits per heavy atom. The first kappa shape index (κ1) is 13.5. The van der Waals surface area contributed by atoms with Gasteiger partial charge in [-0.3, -0.25) is 10.1 Å². The topological polar surface area (TPSA) is 100.0 Å². The van der Waals surface area contributed by atoms with E-state index in [1.54, 1.807) is 0 Å². The summed E-state index contributed by atoms with van der Waals surface area (Å²) in [6.45, 7) is -0.915. The summed E-state index contributed by atoms with van der Waals surface area (Å²) in [7, 11) is 0. The Kier molecular flexibility index (Phi) is 2.75. The van der Waals surface area contributed by atoms with E-state index in [9.17, 15) is 18.9 Å². The van der Waals surface area contributed by atoms with Crippen LogP contribution in [-0.4, -0.2) is 30.1 Å². The highest BCUT2D eigenvalue weighted by molar-refractivity contribution is 5.74. The molecule has 7 nitrogen and oxygen atoms in total. The SMILES string of the molecule is NC1=NC2(CCOc3ccc([N+](=O)[O-])cc32)C(F)(F)CO1. The van der Waals surface area contributed by atoms with Crippen LogP contribution in [-0.2, 0) is 10.3 Å². The summed E-state index contributed by atoms with van der Waals surface area (Å²) >= 11 is 0. The number of amidine groups is 1. The van der Waals surface area contributed by atoms with Gasteiger partial charge in [0.2, 0.25) is 0 Å². The third-order valence-electron chi connectivity index (χ3n) is 3.65. The fourth-order valence-electron chi connectivity index (χ4n) is 2.61. The molecule has 0 bridgehead atoms. The molecule has 112 valence electrons. The van der Waals surface area contributed by atoms with Crippen LogP contribution < -0.4 is 10.5 Å². The van der Waals surface area contributed by atoms with Crippen molar-refractivity contribution in [3.05, 3.63) is 33.9 Å². The largest absolute Gasteiger partial charge is 0.493 e. The molecule has 0 saturated carbocycles. The molecule has 1 aromatic carbocycles. The van der Waals surface area contributed by atoms with E-state index in [2.05, 4.69) is 9.73 Å². The average Bonchev–Trinajstić information content (AvgIpc) is 2.43. The lowest BCUT2D eigenvalue weighted by atomic mass is 9.79. The molecule has 21 heavy (non-hydrogen) atoms. The highest BCUT2D eigenvalue weighted by Crippen LogP contribution is 2.51. The van der Waals surface area contributed by atoms with Crippen LogP contribution in [0.2, 0.25) is 0 Å². The Bertz CT molecular complexity index is 649. The van der Waals surface area contributed by atoms with E-state index >= 15 is 0 Å². The zero-order valence-electron chi connectivity index (χ0n) is 10.7. The van der Waals surface area contributed by atoms with Crippen molar-refractivity contribution >= 4 is 11.7 Å². The van der Waals surface area contributed by atoms with Gasteiger partial charge in [0, 0.05) is 24.1 Å². The van der Waals surface area contributed by atoms with Crippen LogP contribution in [0.1, 0.15) is 12.0 Å². The van der Waals surface area contributed by atoms with Gasteiger partial charge in [0.15, 0.2) is 12.1 Å². The Balaban J connectivity index is 2.25. The number of aliphatic imine (C=N–C) groups is 1. The molecule has 3 rings (SSSR count). The van der Waals surface area contributed by atoms with Crippen molar-refractivity contribution in [2.24, 2.45) is 10.7 Å². The molecule has 0 aliphatic carbocycles. The molecule has 9 heteroatoms. The standard InChI is InChI=1S/C12H11F2N3O4/c13-12(14)6-21-10(15)16-11(12)3-4-20-9-2-1-7(17(18)19)5-8(9)11/h1-2,5H,3-4,6H2,(H2,15,16). The highest BCUT2D eigenvalue weighted by Gasteiger charge is 2.60. The van der Waals surface area contributed by atoms with Gasteiger partial charge in [0.25, 0.3) is 11.7 Å². The quantitative estimate of drug-likeness (QED) is 0.626. The predicted molar refractivity (Wildman–Crippen MR) is 67.4 cm³/mol. The number of hydrogen-bond acceptors (Lipinski definition) is 6. The average molecular weight is 299 g/mol. The van der Waals surface area contributed by atoms with Gasteiger partial charge >= 0.3 is 5.92 Å². The summed E-state index contributed by atoms with van der Waals surface area (Å²) in [5, 5.41) is 10.9. The number of nitrogens with two attached hydrogens (primary N) is 1. The van der Waals surface area contributed by atoms with Gasteiger partial charge < -0.3 is 15.2 Å². The molecule has 0 aromatic heterocycles. The van der Waals surface area contributed by atoms with Crippen LogP contribution in [0.4, 0.5) is 14.5 Å². The molecular formula is C12H11F2N3O4. The minimum absolute atomic E-state index is 0.0111. The number of ether oxygens (including phenoxy) is 2. The second kappa shape index (κ2) is 4.27. The van der Waals surface area contributed by atoms with Gasteiger partial charge in [-0.25, -0.2) is 4.99 Å². The highest BCUT2D eigenvalue weighted by atomic mass is 19.3. The monoisotopic (exact) mass is 299 g/mol. The molecule has 1 spiro atoms. The lowest BCUT2D eigenvalue weighted by Crippen LogP contribution is -2.54. The lowest BCUT2D eigenvalue weighted by molar-refractivity contribution is -0.385. The van der Waals surface area contributed by atoms with Crippen molar-refractivity contribution in [2.75, 3.05) is 13.2 Å². The normalized spacial score (nSPS) is 26.3. The second-order valence-corrected chi connectivity index (χ2v) is 4.84. The number of fused-ring (bicyclic) bond motifs is 2. The first-order valence-electron chi connectivity index (χ1n) is 6.13. The second-order valence-electron chi connectivity index (χ2n) is 4.84. The molecule has 2 N–H and O–H groups in total. The van der Waals surface area contributed by atoms with Crippen LogP contribution in [0.15, 0.2) is 23.2 Å². The zero-order valence-corrected chi connectivity index (χ0v) is 10.7. The summed E-state index contributed by atoms with van der Waals surface area (Å²) < 4.78 is 38.8. The summed E-state index contributed by atoms with van der Waals surface area (Å²) in [6.07, 6.45) is -0.141. The summed E-state index contributed by atoms with van der Waals surface area (Å²) in [5.41, 5.74) is 3.09. The predicted octanol–water partition coefficient (Wildman–Crippen LogP) is 1.55. The number of nitro benzene ring substituents is 1. The van der Waals surface area contributed by atoms with Crippen LogP contribution >= 0.6 is 0 Å². The molecule has 0 radical (unpaired) electrons. The number of non-ortho nitro benzene ring substituents is 1. The van der Waals surface area contributed by atoms with E-state index in [1.165, 1.54) is 12.1 Å². The molecule has 0 saturated heterocycles. The number of nitro groups is 1. The van der Waals surface area contributed by atoms with Crippen molar-refractivity contribution in [2.45, 2.75) is 17.9 Å². The number of hydrogen-bond donors (Lipinski definition) is 1. The van der Waals surface area contributed by atoms with Gasteiger partial charge in [-0.2, -0.15) is 8.78 Å². The Hall–Kier alpha value is -2.45. The number of rotatable bonds is 1. The van der Waals surface area contributed by atoms with E-state index in [0.717, 1.165) is 6.07 Å². The maximum absolute atomic E-state index is 14.4. The zero-order chi connectivity index (χ0) is 15.3. The Morgan fingerprint density at radius 2 is 2.14 bits per heavy atom. The molecule has 1 aromatic rings. The van der Waals surface area contributed by atoms with Crippen LogP contribution in [0, 0.1) is 10.1 Å². The van der Waals surface area contributed by atoms with Gasteiger partial charge in [0.05, 0.1) is 11.5 Å². The maximum Gasteiger partial charge on any atom is 0.310 e. The number of halogens is 2. The fraction of sp³-hybridized carbons (Fsp3) is 0.417. The number of nitrogens with zero attached hydrogens (tertiary/aromatic N) is 2. The molecule has 1 atom stereocenters. The summed E-state index contributed by atoms with van der Waals surface area (Å²) in [4.78, 5) is 14.0. The van der Waals surface area contributed by atoms with E-state index in [0.29, 0.717) is 0 Å². The molecule has 2 aliphatic heterocycles. The van der Waals surface area contributed by atoms with Gasteiger partial charge in [0.1, 0.15) is 5.75 Å². The Labute approximate surface area is 117 Å². The smallest absolute Gasteiger partial charge is 0.310 e. The molecule has 2 heterocycles. The summed E-state index contributed by atoms with van der Waals surface area (Å²) in [6, 6.07) is 3.19. The maximum atomic E-state index is 14.4. The minimum atomic E-state index is -3.34. The molecule has 2 aliphatic rings. The van der Waals surface area contributed by atoms with Crippen LogP contribution in [0.5, 0.6) is 5.75 Å². The number of alkyl halides is 2. The van der Waals surface area contributed by atoms with Crippen molar-refractivity contribution in [3.8, 4) is 5.75 Å². The van der Waals surface area contributed by atoms with Gasteiger partial charge in [-0.05, 0) is 6.07 Å². The Morgan fingerprint density at radius 1 is 1.38 bits per heavy atom. The van der Waals surface area contributed by atoms with Crippen LogP contribution in [0.3, 0.4) is 0 Å². The summed E-state index contributed by atoms with van der Waals surface area (Å²) in [5.74, 6) is -3.20. The molecule has 0 fully saturated rings. The van der Waals surface area contributed by atoms with Crippen molar-refractivity contribution in [3.63, 3.8) is 0 Å². The molecule has 0 amide bonds. The number of benzene rings is 1. The van der Waals surface area contributed by atoms with Gasteiger partial charge in [-0.15, -0.1) is 0 Å². The minimum Gasteiger partial charge on any atom is -0.493 e. The first-order chi connectivity index (χ1) is 9.86. The first-order valence-corrected chi connectivity index (χ1v) is 6.13. The van der Waals surface area contributed by atoms with Crippen LogP contribution in [0.25, 0.3) is 0 Å². The van der Waals surface area contributed by atoms with Crippen molar-refractivity contribution in [1.29, 1.82) is 0 Å². The van der Waals surface area contributed by atoms with Crippen molar-refractivity contribution < 1.29 is 23.2 Å². The van der Waals surface area contributed by atoms with E-state index in [1.807, 2.05) is 0 Å². The van der Waals surface area contributed by atoms with Gasteiger partial charge in [-0.1, -0.05) is 0 Å². The fourth-order valence-corrected chi connectivity index (χ4v) is 2.61. The van der Waals surface area contributed by atoms with Crippen molar-refractivity contribution in [1.82, 2.24) is 0 Å². The molecular weight excluding hydrogens is 288 g/mol. The van der Waals surface area contributed by atoms with E-state index < -0.39 is 23.0 Å². The van der Waals surface area contributed by atoms with E-state index in [4.69, 9.17) is 10.5 Å². The van der Waals surface area contributed by atoms with E-state index in [-0.39, 0.29) is 36.0 Å². The molecule has 1 unspecified atom stereocenters.